The van der Waals surface area contributed by atoms with Crippen molar-refractivity contribution in [2.75, 3.05) is 52.5 Å². The van der Waals surface area contributed by atoms with Gasteiger partial charge in [0.25, 0.3) is 0 Å². The van der Waals surface area contributed by atoms with Gasteiger partial charge in [0.15, 0.2) is 0 Å². The van der Waals surface area contributed by atoms with E-state index in [1.54, 1.807) is 17.5 Å². The van der Waals surface area contributed by atoms with Crippen LogP contribution in [-0.2, 0) is 11.3 Å². The molecule has 1 N–H and O–H groups in total. The number of aromatic nitrogens is 2. The summed E-state index contributed by atoms with van der Waals surface area (Å²) in [5.74, 6) is 0. The Kier molecular flexibility index (Phi) is 6.68. The molecule has 1 aliphatic heterocycles. The first-order chi connectivity index (χ1) is 11.8. The molecule has 0 unspecified atom stereocenters. The summed E-state index contributed by atoms with van der Waals surface area (Å²) in [6, 6.07) is 5.86. The second-order valence-corrected chi connectivity index (χ2v) is 6.67. The van der Waals surface area contributed by atoms with Gasteiger partial charge in [-0.2, -0.15) is 0 Å². The number of nitrogens with zero attached hydrogens (tertiary/aromatic N) is 4. The fourth-order valence-corrected chi connectivity index (χ4v) is 3.52. The number of aliphatic hydroxyl groups is 1. The van der Waals surface area contributed by atoms with Crippen LogP contribution in [0.1, 0.15) is 5.69 Å². The van der Waals surface area contributed by atoms with Crippen molar-refractivity contribution in [1.29, 1.82) is 0 Å². The molecule has 1 fully saturated rings. The fraction of sp³-hybridized carbons (Fsp3) is 0.529. The Morgan fingerprint density at radius 3 is 2.88 bits per heavy atom. The highest BCUT2D eigenvalue weighted by Gasteiger charge is 2.14. The van der Waals surface area contributed by atoms with E-state index in [4.69, 9.17) is 9.72 Å². The predicted molar refractivity (Wildman–Crippen MR) is 95.0 cm³/mol. The summed E-state index contributed by atoms with van der Waals surface area (Å²) in [4.78, 5) is 13.7. The molecule has 1 aliphatic rings. The molecule has 130 valence electrons. The number of thiazole rings is 1. The van der Waals surface area contributed by atoms with Crippen LogP contribution < -0.4 is 0 Å². The maximum absolute atomic E-state index is 9.33. The fourth-order valence-electron chi connectivity index (χ4n) is 2.73. The first-order valence-electron chi connectivity index (χ1n) is 8.34. The van der Waals surface area contributed by atoms with Gasteiger partial charge in [-0.3, -0.25) is 14.8 Å². The quantitative estimate of drug-likeness (QED) is 0.777. The lowest BCUT2D eigenvalue weighted by Crippen LogP contribution is -2.41. The van der Waals surface area contributed by atoms with Crippen molar-refractivity contribution < 1.29 is 9.84 Å². The van der Waals surface area contributed by atoms with E-state index in [1.165, 1.54) is 0 Å². The van der Waals surface area contributed by atoms with Crippen molar-refractivity contribution in [3.63, 3.8) is 0 Å². The van der Waals surface area contributed by atoms with Gasteiger partial charge in [-0.05, 0) is 12.1 Å². The van der Waals surface area contributed by atoms with Gasteiger partial charge < -0.3 is 9.84 Å². The summed E-state index contributed by atoms with van der Waals surface area (Å²) in [6.45, 7) is 7.15. The molecule has 7 heteroatoms. The first-order valence-corrected chi connectivity index (χ1v) is 9.22. The number of rotatable bonds is 8. The summed E-state index contributed by atoms with van der Waals surface area (Å²) in [7, 11) is 0. The number of hydrogen-bond acceptors (Lipinski definition) is 7. The number of ether oxygens (including phenoxy) is 1. The Morgan fingerprint density at radius 1 is 1.25 bits per heavy atom. The topological polar surface area (TPSA) is 61.7 Å². The third-order valence-corrected chi connectivity index (χ3v) is 4.99. The van der Waals surface area contributed by atoms with E-state index in [9.17, 15) is 5.11 Å². The second-order valence-electron chi connectivity index (χ2n) is 5.81. The molecule has 0 amide bonds. The van der Waals surface area contributed by atoms with Crippen LogP contribution in [0.5, 0.6) is 0 Å². The van der Waals surface area contributed by atoms with E-state index < -0.39 is 0 Å². The molecule has 3 rings (SSSR count). The Labute approximate surface area is 146 Å². The van der Waals surface area contributed by atoms with Crippen LogP contribution in [0.3, 0.4) is 0 Å². The van der Waals surface area contributed by atoms with Gasteiger partial charge in [-0.25, -0.2) is 4.98 Å². The molecule has 2 aromatic rings. The minimum Gasteiger partial charge on any atom is -0.395 e. The van der Waals surface area contributed by atoms with E-state index >= 15 is 0 Å². The maximum Gasteiger partial charge on any atom is 0.142 e. The van der Waals surface area contributed by atoms with Gasteiger partial charge in [0.1, 0.15) is 5.01 Å². The third kappa shape index (κ3) is 5.06. The Bertz CT molecular complexity index is 602. The van der Waals surface area contributed by atoms with Gasteiger partial charge in [0, 0.05) is 50.8 Å². The highest BCUT2D eigenvalue weighted by atomic mass is 32.1. The highest BCUT2D eigenvalue weighted by Crippen LogP contribution is 2.22. The highest BCUT2D eigenvalue weighted by molar-refractivity contribution is 7.13. The number of aliphatic hydroxyl groups excluding tert-OH is 1. The molecule has 0 radical (unpaired) electrons. The molecule has 0 aromatic carbocycles. The van der Waals surface area contributed by atoms with Crippen molar-refractivity contribution in [2.45, 2.75) is 6.54 Å². The van der Waals surface area contributed by atoms with Gasteiger partial charge in [-0.15, -0.1) is 11.3 Å². The van der Waals surface area contributed by atoms with Crippen LogP contribution in [-0.4, -0.2) is 77.4 Å². The summed E-state index contributed by atoms with van der Waals surface area (Å²) >= 11 is 1.62. The number of pyridine rings is 1. The molecule has 0 saturated carbocycles. The van der Waals surface area contributed by atoms with Crippen molar-refractivity contribution in [1.82, 2.24) is 19.8 Å². The zero-order chi connectivity index (χ0) is 16.6. The molecule has 2 aromatic heterocycles. The molecule has 0 bridgehead atoms. The average Bonchev–Trinajstić information content (AvgIpc) is 3.10. The Hall–Kier alpha value is -1.38. The van der Waals surface area contributed by atoms with Crippen molar-refractivity contribution in [3.05, 3.63) is 35.5 Å². The molecular formula is C17H24N4O2S. The van der Waals surface area contributed by atoms with E-state index in [2.05, 4.69) is 20.2 Å². The third-order valence-electron chi connectivity index (χ3n) is 4.07. The molecule has 0 spiro atoms. The molecule has 0 aliphatic carbocycles. The summed E-state index contributed by atoms with van der Waals surface area (Å²) in [5.41, 5.74) is 1.95. The lowest BCUT2D eigenvalue weighted by Gasteiger charge is -2.29. The predicted octanol–water partition coefficient (Wildman–Crippen LogP) is 1.33. The molecule has 6 nitrogen and oxygen atoms in total. The van der Waals surface area contributed by atoms with Crippen molar-refractivity contribution in [2.24, 2.45) is 0 Å². The molecular weight excluding hydrogens is 324 g/mol. The zero-order valence-electron chi connectivity index (χ0n) is 13.8. The van der Waals surface area contributed by atoms with Crippen LogP contribution in [0.15, 0.2) is 29.8 Å². The summed E-state index contributed by atoms with van der Waals surface area (Å²) < 4.78 is 5.38. The van der Waals surface area contributed by atoms with Crippen LogP contribution in [0.4, 0.5) is 0 Å². The van der Waals surface area contributed by atoms with E-state index in [0.29, 0.717) is 6.54 Å². The molecule has 24 heavy (non-hydrogen) atoms. The normalized spacial score (nSPS) is 15.9. The van der Waals surface area contributed by atoms with Gasteiger partial charge in [0.05, 0.1) is 31.2 Å². The van der Waals surface area contributed by atoms with Gasteiger partial charge in [0.2, 0.25) is 0 Å². The average molecular weight is 348 g/mol. The minimum absolute atomic E-state index is 0.167. The van der Waals surface area contributed by atoms with Crippen LogP contribution >= 0.6 is 11.3 Å². The monoisotopic (exact) mass is 348 g/mol. The minimum atomic E-state index is 0.167. The Balaban J connectivity index is 1.55. The largest absolute Gasteiger partial charge is 0.395 e. The summed E-state index contributed by atoms with van der Waals surface area (Å²) in [5, 5.41) is 12.4. The maximum atomic E-state index is 9.33. The lowest BCUT2D eigenvalue weighted by molar-refractivity contribution is 0.0319. The molecule has 3 heterocycles. The van der Waals surface area contributed by atoms with Crippen LogP contribution in [0.25, 0.3) is 10.7 Å². The van der Waals surface area contributed by atoms with Crippen molar-refractivity contribution >= 4 is 11.3 Å². The first kappa shape index (κ1) is 17.4. The standard InChI is InChI=1S/C17H24N4O2S/c22-10-7-21(6-5-20-8-11-23-12-9-20)13-15-14-24-17(19-15)16-3-1-2-4-18-16/h1-4,14,22H,5-13H2. The van der Waals surface area contributed by atoms with Gasteiger partial charge >= 0.3 is 0 Å². The lowest BCUT2D eigenvalue weighted by atomic mass is 10.3. The van der Waals surface area contributed by atoms with E-state index in [0.717, 1.165) is 62.3 Å². The molecule has 0 atom stereocenters. The summed E-state index contributed by atoms with van der Waals surface area (Å²) in [6.07, 6.45) is 1.79. The van der Waals surface area contributed by atoms with Crippen LogP contribution in [0, 0.1) is 0 Å². The number of hydrogen-bond donors (Lipinski definition) is 1. The number of morpholine rings is 1. The second kappa shape index (κ2) is 9.19. The van der Waals surface area contributed by atoms with Gasteiger partial charge in [-0.1, -0.05) is 6.07 Å². The van der Waals surface area contributed by atoms with Crippen molar-refractivity contribution in [3.8, 4) is 10.7 Å². The van der Waals surface area contributed by atoms with E-state index in [-0.39, 0.29) is 6.61 Å². The smallest absolute Gasteiger partial charge is 0.142 e. The zero-order valence-corrected chi connectivity index (χ0v) is 14.6. The van der Waals surface area contributed by atoms with Crippen LogP contribution in [0.2, 0.25) is 0 Å². The molecule has 1 saturated heterocycles. The SMILES string of the molecule is OCCN(CCN1CCOCC1)Cc1csc(-c2ccccn2)n1. The van der Waals surface area contributed by atoms with E-state index in [1.807, 2.05) is 18.2 Å². The Morgan fingerprint density at radius 2 is 2.12 bits per heavy atom.